The molecular formula is C35H35Cl2N3O5. The van der Waals surface area contributed by atoms with Crippen LogP contribution in [0.2, 0.25) is 10.0 Å². The van der Waals surface area contributed by atoms with Gasteiger partial charge < -0.3 is 29.7 Å². The van der Waals surface area contributed by atoms with Crippen molar-refractivity contribution in [3.05, 3.63) is 105 Å². The third-order valence-corrected chi connectivity index (χ3v) is 8.29. The van der Waals surface area contributed by atoms with Crippen LogP contribution in [0.25, 0.3) is 11.1 Å². The molecule has 0 radical (unpaired) electrons. The van der Waals surface area contributed by atoms with Crippen molar-refractivity contribution in [3.63, 3.8) is 0 Å². The van der Waals surface area contributed by atoms with Gasteiger partial charge in [-0.15, -0.1) is 0 Å². The maximum Gasteiger partial charge on any atom is 0.142 e. The lowest BCUT2D eigenvalue weighted by Crippen LogP contribution is -2.19. The van der Waals surface area contributed by atoms with E-state index in [0.29, 0.717) is 45.0 Å². The van der Waals surface area contributed by atoms with Gasteiger partial charge in [-0.1, -0.05) is 53.5 Å². The third-order valence-electron chi connectivity index (χ3n) is 7.61. The minimum absolute atomic E-state index is 0.164. The normalized spacial score (nSPS) is 13.7. The molecule has 234 valence electrons. The van der Waals surface area contributed by atoms with Crippen molar-refractivity contribution in [2.24, 2.45) is 0 Å². The monoisotopic (exact) mass is 647 g/mol. The second-order valence-electron chi connectivity index (χ2n) is 10.7. The number of aromatic nitrogens is 1. The molecule has 1 atom stereocenters. The van der Waals surface area contributed by atoms with E-state index in [-0.39, 0.29) is 25.9 Å². The highest BCUT2D eigenvalue weighted by Crippen LogP contribution is 2.45. The molecule has 4 aromatic rings. The number of aliphatic hydroxyl groups excluding tert-OH is 2. The van der Waals surface area contributed by atoms with Crippen molar-refractivity contribution < 1.29 is 24.4 Å². The van der Waals surface area contributed by atoms with Crippen molar-refractivity contribution >= 4 is 23.2 Å². The standard InChI is InChI=1S/C35H35Cl2N3O5/c36-30-16-25(21-42)33(44-22-24-15-23(18-38)19-40-20-24)17-34(30)45-31-10-9-27-26(5-1-6-28(27)31)29-7-2-8-32(35(29)37)43-14-4-12-39-11-3-13-41/h1-2,5-8,15-17,19-20,31,39,41-42H,3-4,9-14,21-22H2. The summed E-state index contributed by atoms with van der Waals surface area (Å²) >= 11 is 13.5. The summed E-state index contributed by atoms with van der Waals surface area (Å²) in [6, 6.07) is 19.1. The zero-order chi connectivity index (χ0) is 31.6. The molecule has 3 aromatic carbocycles. The Labute approximate surface area is 273 Å². The highest BCUT2D eigenvalue weighted by atomic mass is 35.5. The molecule has 0 amide bonds. The summed E-state index contributed by atoms with van der Waals surface area (Å²) in [6.45, 7) is 2.21. The number of rotatable bonds is 15. The number of pyridine rings is 1. The van der Waals surface area contributed by atoms with E-state index in [4.69, 9.17) is 47.8 Å². The van der Waals surface area contributed by atoms with E-state index in [1.54, 1.807) is 24.4 Å². The van der Waals surface area contributed by atoms with Gasteiger partial charge >= 0.3 is 0 Å². The molecule has 0 saturated heterocycles. The molecule has 3 N–H and O–H groups in total. The predicted molar refractivity (Wildman–Crippen MR) is 174 cm³/mol. The van der Waals surface area contributed by atoms with Crippen molar-refractivity contribution in [1.82, 2.24) is 10.3 Å². The van der Waals surface area contributed by atoms with Gasteiger partial charge in [0, 0.05) is 41.8 Å². The second-order valence-corrected chi connectivity index (χ2v) is 11.5. The van der Waals surface area contributed by atoms with Crippen LogP contribution in [0.1, 0.15) is 53.2 Å². The van der Waals surface area contributed by atoms with Crippen LogP contribution in [-0.4, -0.2) is 41.5 Å². The Hall–Kier alpha value is -3.84. The van der Waals surface area contributed by atoms with Crippen molar-refractivity contribution in [3.8, 4) is 34.4 Å². The topological polar surface area (TPSA) is 117 Å². The lowest BCUT2D eigenvalue weighted by Gasteiger charge is -2.19. The molecule has 1 aromatic heterocycles. The Bertz CT molecular complexity index is 1660. The average Bonchev–Trinajstić information content (AvgIpc) is 3.48. The van der Waals surface area contributed by atoms with Crippen LogP contribution in [0.5, 0.6) is 17.2 Å². The van der Waals surface area contributed by atoms with Crippen LogP contribution in [0, 0.1) is 11.3 Å². The number of fused-ring (bicyclic) bond motifs is 1. The Morgan fingerprint density at radius 1 is 0.933 bits per heavy atom. The first kappa shape index (κ1) is 32.6. The van der Waals surface area contributed by atoms with E-state index in [1.165, 1.54) is 11.8 Å². The fourth-order valence-corrected chi connectivity index (χ4v) is 5.91. The molecule has 8 nitrogen and oxygen atoms in total. The molecular weight excluding hydrogens is 613 g/mol. The molecule has 0 bridgehead atoms. The van der Waals surface area contributed by atoms with E-state index < -0.39 is 0 Å². The largest absolute Gasteiger partial charge is 0.492 e. The summed E-state index contributed by atoms with van der Waals surface area (Å²) < 4.78 is 18.5. The number of hydrogen-bond donors (Lipinski definition) is 3. The fourth-order valence-electron chi connectivity index (χ4n) is 5.40. The van der Waals surface area contributed by atoms with E-state index in [9.17, 15) is 5.11 Å². The van der Waals surface area contributed by atoms with Gasteiger partial charge in [0.15, 0.2) is 0 Å². The van der Waals surface area contributed by atoms with Crippen LogP contribution in [0.3, 0.4) is 0 Å². The van der Waals surface area contributed by atoms with Crippen molar-refractivity contribution in [2.75, 3.05) is 26.3 Å². The number of halogens is 2. The lowest BCUT2D eigenvalue weighted by atomic mass is 9.96. The smallest absolute Gasteiger partial charge is 0.142 e. The summed E-state index contributed by atoms with van der Waals surface area (Å²) in [5, 5.41) is 32.2. The molecule has 45 heavy (non-hydrogen) atoms. The molecule has 10 heteroatoms. The number of nitrogens with zero attached hydrogens (tertiary/aromatic N) is 2. The second kappa shape index (κ2) is 15.9. The zero-order valence-electron chi connectivity index (χ0n) is 24.8. The highest BCUT2D eigenvalue weighted by molar-refractivity contribution is 6.35. The molecule has 1 unspecified atom stereocenters. The summed E-state index contributed by atoms with van der Waals surface area (Å²) in [6.07, 6.45) is 6.00. The number of nitrogens with one attached hydrogen (secondary N) is 1. The average molecular weight is 649 g/mol. The maximum absolute atomic E-state index is 9.94. The molecule has 0 aliphatic heterocycles. The van der Waals surface area contributed by atoms with Gasteiger partial charge in [-0.2, -0.15) is 5.26 Å². The Morgan fingerprint density at radius 2 is 1.76 bits per heavy atom. The van der Waals surface area contributed by atoms with Crippen molar-refractivity contribution in [1.29, 1.82) is 5.26 Å². The van der Waals surface area contributed by atoms with Crippen LogP contribution < -0.4 is 19.5 Å². The molecule has 1 heterocycles. The molecule has 0 fully saturated rings. The van der Waals surface area contributed by atoms with E-state index in [2.05, 4.69) is 28.5 Å². The maximum atomic E-state index is 9.94. The van der Waals surface area contributed by atoms with Gasteiger partial charge in [0.05, 0.1) is 28.8 Å². The van der Waals surface area contributed by atoms with E-state index >= 15 is 0 Å². The molecule has 0 saturated carbocycles. The summed E-state index contributed by atoms with van der Waals surface area (Å²) in [5.74, 6) is 1.54. The zero-order valence-corrected chi connectivity index (χ0v) is 26.3. The number of hydrogen-bond acceptors (Lipinski definition) is 8. The number of benzene rings is 3. The van der Waals surface area contributed by atoms with Gasteiger partial charge in [0.25, 0.3) is 0 Å². The van der Waals surface area contributed by atoms with Crippen molar-refractivity contribution in [2.45, 2.75) is 45.0 Å². The molecule has 1 aliphatic rings. The molecule has 0 spiro atoms. The summed E-state index contributed by atoms with van der Waals surface area (Å²) in [4.78, 5) is 4.08. The van der Waals surface area contributed by atoms with Crippen LogP contribution in [0.4, 0.5) is 0 Å². The number of aliphatic hydroxyl groups is 2. The first-order valence-corrected chi connectivity index (χ1v) is 15.7. The SMILES string of the molecule is N#Cc1cncc(COc2cc(OC3CCc4c(-c5cccc(OCCCNCCCO)c5Cl)cccc43)c(Cl)cc2CO)c1. The first-order chi connectivity index (χ1) is 22.0. The van der Waals surface area contributed by atoms with E-state index in [0.717, 1.165) is 61.0 Å². The fraction of sp³-hybridized carbons (Fsp3) is 0.314. The van der Waals surface area contributed by atoms with Gasteiger partial charge in [0.1, 0.15) is 36.0 Å². The van der Waals surface area contributed by atoms with E-state index in [1.807, 2.05) is 24.3 Å². The van der Waals surface area contributed by atoms with Gasteiger partial charge in [-0.25, -0.2) is 0 Å². The Balaban J connectivity index is 1.31. The summed E-state index contributed by atoms with van der Waals surface area (Å²) in [5.41, 5.74) is 5.87. The Kier molecular flexibility index (Phi) is 11.5. The predicted octanol–water partition coefficient (Wildman–Crippen LogP) is 6.81. The summed E-state index contributed by atoms with van der Waals surface area (Å²) in [7, 11) is 0. The minimum atomic E-state index is -0.257. The lowest BCUT2D eigenvalue weighted by molar-refractivity contribution is 0.205. The minimum Gasteiger partial charge on any atom is -0.492 e. The molecule has 5 rings (SSSR count). The number of ether oxygens (including phenoxy) is 3. The van der Waals surface area contributed by atoms with Crippen LogP contribution >= 0.6 is 23.2 Å². The Morgan fingerprint density at radius 3 is 2.58 bits per heavy atom. The van der Waals surface area contributed by atoms with Crippen LogP contribution in [0.15, 0.2) is 67.0 Å². The van der Waals surface area contributed by atoms with Gasteiger partial charge in [-0.05, 0) is 73.7 Å². The van der Waals surface area contributed by atoms with Crippen LogP contribution in [-0.2, 0) is 19.6 Å². The first-order valence-electron chi connectivity index (χ1n) is 14.9. The quantitative estimate of drug-likeness (QED) is 0.121. The van der Waals surface area contributed by atoms with Gasteiger partial charge in [0.2, 0.25) is 0 Å². The highest BCUT2D eigenvalue weighted by Gasteiger charge is 2.28. The number of nitriles is 1. The molecule has 1 aliphatic carbocycles. The van der Waals surface area contributed by atoms with Gasteiger partial charge in [-0.3, -0.25) is 4.98 Å². The third kappa shape index (κ3) is 8.06.